The number of pyridine rings is 1. The number of carbonyl (C=O) groups is 1. The zero-order chi connectivity index (χ0) is 18.9. The zero-order valence-corrected chi connectivity index (χ0v) is 13.2. The maximum atomic E-state index is 12.8. The highest BCUT2D eigenvalue weighted by Gasteiger charge is 2.34. The highest BCUT2D eigenvalue weighted by atomic mass is 19.4. The van der Waals surface area contributed by atoms with Crippen molar-refractivity contribution in [2.75, 3.05) is 0 Å². The summed E-state index contributed by atoms with van der Waals surface area (Å²) in [5, 5.41) is 2.50. The molecule has 2 aromatic heterocycles. The SMILES string of the molecule is O=C(NCc1cnc(C(F)(F)F)nc1)c1ncc(C(F)F)cc1C1CC1. The lowest BCUT2D eigenvalue weighted by Gasteiger charge is -2.11. The van der Waals surface area contributed by atoms with Crippen LogP contribution in [0, 0.1) is 0 Å². The van der Waals surface area contributed by atoms with Gasteiger partial charge in [0.2, 0.25) is 5.82 Å². The van der Waals surface area contributed by atoms with Gasteiger partial charge in [-0.3, -0.25) is 9.78 Å². The third kappa shape index (κ3) is 4.12. The number of alkyl halides is 5. The second kappa shape index (κ2) is 6.93. The maximum Gasteiger partial charge on any atom is 0.451 e. The van der Waals surface area contributed by atoms with E-state index >= 15 is 0 Å². The molecule has 138 valence electrons. The van der Waals surface area contributed by atoms with Crippen molar-refractivity contribution in [1.82, 2.24) is 20.3 Å². The van der Waals surface area contributed by atoms with E-state index < -0.39 is 24.3 Å². The summed E-state index contributed by atoms with van der Waals surface area (Å²) in [7, 11) is 0. The minimum absolute atomic E-state index is 0.0244. The third-order valence-corrected chi connectivity index (χ3v) is 3.83. The number of aromatic nitrogens is 3. The Hall–Kier alpha value is -2.65. The molecule has 0 bridgehead atoms. The summed E-state index contributed by atoms with van der Waals surface area (Å²) in [6.45, 7) is -0.112. The number of amides is 1. The van der Waals surface area contributed by atoms with Gasteiger partial charge in [-0.25, -0.2) is 18.7 Å². The van der Waals surface area contributed by atoms with E-state index in [1.165, 1.54) is 6.07 Å². The monoisotopic (exact) mass is 372 g/mol. The van der Waals surface area contributed by atoms with Gasteiger partial charge in [0.15, 0.2) is 0 Å². The molecule has 0 radical (unpaired) electrons. The van der Waals surface area contributed by atoms with Crippen molar-refractivity contribution in [2.24, 2.45) is 0 Å². The van der Waals surface area contributed by atoms with Crippen LogP contribution in [0.2, 0.25) is 0 Å². The second-order valence-corrected chi connectivity index (χ2v) is 5.88. The van der Waals surface area contributed by atoms with Gasteiger partial charge < -0.3 is 5.32 Å². The van der Waals surface area contributed by atoms with E-state index in [4.69, 9.17) is 0 Å². The van der Waals surface area contributed by atoms with Gasteiger partial charge in [-0.1, -0.05) is 0 Å². The number of carbonyl (C=O) groups excluding carboxylic acids is 1. The first-order valence-electron chi connectivity index (χ1n) is 7.70. The van der Waals surface area contributed by atoms with Crippen LogP contribution in [0.3, 0.4) is 0 Å². The molecule has 2 heterocycles. The van der Waals surface area contributed by atoms with Gasteiger partial charge in [0.05, 0.1) is 0 Å². The normalized spacial score (nSPS) is 14.5. The fourth-order valence-electron chi connectivity index (χ4n) is 2.37. The average Bonchev–Trinajstić information content (AvgIpc) is 3.43. The van der Waals surface area contributed by atoms with Crippen molar-refractivity contribution in [3.8, 4) is 0 Å². The summed E-state index contributed by atoms with van der Waals surface area (Å²) < 4.78 is 62.9. The fourth-order valence-corrected chi connectivity index (χ4v) is 2.37. The van der Waals surface area contributed by atoms with Crippen molar-refractivity contribution >= 4 is 5.91 Å². The highest BCUT2D eigenvalue weighted by Crippen LogP contribution is 2.42. The van der Waals surface area contributed by atoms with Crippen molar-refractivity contribution in [3.63, 3.8) is 0 Å². The molecule has 3 rings (SSSR count). The molecule has 1 saturated carbocycles. The molecule has 0 aliphatic heterocycles. The van der Waals surface area contributed by atoms with Crippen LogP contribution < -0.4 is 5.32 Å². The van der Waals surface area contributed by atoms with Crippen LogP contribution in [0.15, 0.2) is 24.7 Å². The minimum Gasteiger partial charge on any atom is -0.346 e. The Kier molecular flexibility index (Phi) is 4.84. The molecule has 0 unspecified atom stereocenters. The second-order valence-electron chi connectivity index (χ2n) is 5.88. The number of hydrogen-bond acceptors (Lipinski definition) is 4. The van der Waals surface area contributed by atoms with Gasteiger partial charge >= 0.3 is 6.18 Å². The molecule has 2 aromatic rings. The molecule has 5 nitrogen and oxygen atoms in total. The molecular weight excluding hydrogens is 359 g/mol. The lowest BCUT2D eigenvalue weighted by atomic mass is 10.1. The van der Waals surface area contributed by atoms with Crippen molar-refractivity contribution in [1.29, 1.82) is 0 Å². The smallest absolute Gasteiger partial charge is 0.346 e. The molecule has 1 amide bonds. The molecular formula is C16H13F5N4O. The molecule has 10 heteroatoms. The van der Waals surface area contributed by atoms with Gasteiger partial charge in [0, 0.05) is 36.3 Å². The lowest BCUT2D eigenvalue weighted by molar-refractivity contribution is -0.145. The summed E-state index contributed by atoms with van der Waals surface area (Å²) in [4.78, 5) is 22.5. The first-order valence-corrected chi connectivity index (χ1v) is 7.70. The fraction of sp³-hybridized carbons (Fsp3) is 0.375. The summed E-state index contributed by atoms with van der Waals surface area (Å²) in [6.07, 6.45) is -2.86. The van der Waals surface area contributed by atoms with E-state index in [2.05, 4.69) is 20.3 Å². The molecule has 1 aliphatic carbocycles. The predicted octanol–water partition coefficient (Wildman–Crippen LogP) is 3.64. The predicted molar refractivity (Wildman–Crippen MR) is 79.4 cm³/mol. The number of rotatable bonds is 5. The standard InChI is InChI=1S/C16H13F5N4O/c17-13(18)10-3-11(9-1-2-9)12(22-7-10)14(26)23-4-8-5-24-15(25-6-8)16(19,20)21/h3,5-7,9,13H,1-2,4H2,(H,23,26). The Bertz CT molecular complexity index is 803. The molecule has 0 saturated heterocycles. The first-order chi connectivity index (χ1) is 12.3. The molecule has 1 fully saturated rings. The topological polar surface area (TPSA) is 67.8 Å². The highest BCUT2D eigenvalue weighted by molar-refractivity contribution is 5.94. The van der Waals surface area contributed by atoms with Crippen LogP contribution in [0.25, 0.3) is 0 Å². The van der Waals surface area contributed by atoms with E-state index in [-0.39, 0.29) is 29.3 Å². The Morgan fingerprint density at radius 2 is 1.81 bits per heavy atom. The molecule has 0 spiro atoms. The Labute approximate surface area is 144 Å². The number of nitrogens with one attached hydrogen (secondary N) is 1. The van der Waals surface area contributed by atoms with E-state index in [9.17, 15) is 26.7 Å². The van der Waals surface area contributed by atoms with Gasteiger partial charge in [0.1, 0.15) is 5.69 Å². The van der Waals surface area contributed by atoms with Gasteiger partial charge in [-0.05, 0) is 30.4 Å². The summed E-state index contributed by atoms with van der Waals surface area (Å²) in [6, 6.07) is 1.28. The van der Waals surface area contributed by atoms with Crippen molar-refractivity contribution in [3.05, 3.63) is 52.9 Å². The molecule has 26 heavy (non-hydrogen) atoms. The van der Waals surface area contributed by atoms with E-state index in [0.717, 1.165) is 31.4 Å². The minimum atomic E-state index is -4.64. The number of nitrogens with zero attached hydrogens (tertiary/aromatic N) is 3. The maximum absolute atomic E-state index is 12.8. The van der Waals surface area contributed by atoms with E-state index in [0.29, 0.717) is 5.56 Å². The Morgan fingerprint density at radius 3 is 2.35 bits per heavy atom. The van der Waals surface area contributed by atoms with E-state index in [1.807, 2.05) is 0 Å². The average molecular weight is 372 g/mol. The van der Waals surface area contributed by atoms with Crippen LogP contribution >= 0.6 is 0 Å². The van der Waals surface area contributed by atoms with Crippen molar-refractivity contribution in [2.45, 2.75) is 37.9 Å². The number of halogens is 5. The largest absolute Gasteiger partial charge is 0.451 e. The molecule has 1 aliphatic rings. The van der Waals surface area contributed by atoms with E-state index in [1.54, 1.807) is 0 Å². The molecule has 0 atom stereocenters. The zero-order valence-electron chi connectivity index (χ0n) is 13.2. The van der Waals surface area contributed by atoms with Crippen LogP contribution in [-0.2, 0) is 12.7 Å². The Morgan fingerprint density at radius 1 is 1.15 bits per heavy atom. The molecule has 0 aromatic carbocycles. The third-order valence-electron chi connectivity index (χ3n) is 3.83. The van der Waals surface area contributed by atoms with Crippen LogP contribution in [0.1, 0.15) is 58.2 Å². The summed E-state index contributed by atoms with van der Waals surface area (Å²) in [5.41, 5.74) is 0.525. The number of hydrogen-bond donors (Lipinski definition) is 1. The lowest BCUT2D eigenvalue weighted by Crippen LogP contribution is -2.25. The summed E-state index contributed by atoms with van der Waals surface area (Å²) >= 11 is 0. The summed E-state index contributed by atoms with van der Waals surface area (Å²) in [5.74, 6) is -1.84. The first kappa shape index (κ1) is 18.2. The van der Waals surface area contributed by atoms with Crippen LogP contribution in [0.5, 0.6) is 0 Å². The molecule has 1 N–H and O–H groups in total. The Balaban J connectivity index is 1.70. The van der Waals surface area contributed by atoms with Gasteiger partial charge in [-0.15, -0.1) is 0 Å². The van der Waals surface area contributed by atoms with Crippen LogP contribution in [0.4, 0.5) is 22.0 Å². The van der Waals surface area contributed by atoms with Gasteiger partial charge in [-0.2, -0.15) is 13.2 Å². The van der Waals surface area contributed by atoms with Crippen LogP contribution in [-0.4, -0.2) is 20.9 Å². The quantitative estimate of drug-likeness (QED) is 0.814. The van der Waals surface area contributed by atoms with Crippen molar-refractivity contribution < 1.29 is 26.7 Å². The van der Waals surface area contributed by atoms with Gasteiger partial charge in [0.25, 0.3) is 12.3 Å².